The third-order valence-electron chi connectivity index (χ3n) is 4.58. The van der Waals surface area contributed by atoms with Crippen molar-refractivity contribution in [3.8, 4) is 12.3 Å². The molecule has 0 fully saturated rings. The topological polar surface area (TPSA) is 100.0 Å². The average Bonchev–Trinajstić information content (AvgIpc) is 3.51. The maximum atomic E-state index is 12.6. The van der Waals surface area contributed by atoms with Crippen LogP contribution >= 0.6 is 0 Å². The number of hydrogen-bond donors (Lipinski definition) is 2. The van der Waals surface area contributed by atoms with E-state index in [9.17, 15) is 13.2 Å². The number of benzene rings is 2. The standard InChI is InChI=1S/C21H22N4O3S/c1-2-3-12-21(24-25-21)13-14-22-20(26)18-10-7-11-19(15-18)29(27,28)23-16-17-8-5-4-6-9-17/h1,4-11,15,23H,3,12-14,16H2,(H,22,26). The average molecular weight is 410 g/mol. The van der Waals surface area contributed by atoms with Crippen LogP contribution < -0.4 is 10.0 Å². The van der Waals surface area contributed by atoms with E-state index in [1.807, 2.05) is 30.3 Å². The Morgan fingerprint density at radius 3 is 2.52 bits per heavy atom. The number of carbonyl (C=O) groups is 1. The van der Waals surface area contributed by atoms with Gasteiger partial charge in [0.2, 0.25) is 10.0 Å². The first-order valence-electron chi connectivity index (χ1n) is 9.23. The smallest absolute Gasteiger partial charge is 0.251 e. The van der Waals surface area contributed by atoms with E-state index in [2.05, 4.69) is 26.2 Å². The molecule has 0 spiro atoms. The molecule has 1 aliphatic rings. The van der Waals surface area contributed by atoms with Crippen LogP contribution in [0.15, 0.2) is 69.7 Å². The monoisotopic (exact) mass is 410 g/mol. The Morgan fingerprint density at radius 1 is 1.07 bits per heavy atom. The number of nitrogens with zero attached hydrogens (tertiary/aromatic N) is 2. The van der Waals surface area contributed by atoms with E-state index in [0.717, 1.165) is 5.56 Å². The minimum absolute atomic E-state index is 0.0405. The van der Waals surface area contributed by atoms with Gasteiger partial charge >= 0.3 is 0 Å². The number of nitrogens with one attached hydrogen (secondary N) is 2. The van der Waals surface area contributed by atoms with Gasteiger partial charge in [-0.2, -0.15) is 10.2 Å². The second-order valence-electron chi connectivity index (χ2n) is 6.73. The molecule has 2 aromatic carbocycles. The van der Waals surface area contributed by atoms with E-state index in [1.54, 1.807) is 12.1 Å². The van der Waals surface area contributed by atoms with E-state index in [1.165, 1.54) is 12.1 Å². The van der Waals surface area contributed by atoms with Crippen molar-refractivity contribution in [2.24, 2.45) is 10.2 Å². The Bertz CT molecular complexity index is 1040. The number of amides is 1. The van der Waals surface area contributed by atoms with E-state index < -0.39 is 15.7 Å². The SMILES string of the molecule is C#CCCC1(CCNC(=O)c2cccc(S(=O)(=O)NCc3ccccc3)c2)N=N1. The van der Waals surface area contributed by atoms with Crippen molar-refractivity contribution in [2.75, 3.05) is 6.54 Å². The van der Waals surface area contributed by atoms with E-state index >= 15 is 0 Å². The summed E-state index contributed by atoms with van der Waals surface area (Å²) in [6, 6.07) is 15.2. The van der Waals surface area contributed by atoms with Crippen LogP contribution in [0.2, 0.25) is 0 Å². The molecule has 0 saturated heterocycles. The zero-order chi connectivity index (χ0) is 20.7. The van der Waals surface area contributed by atoms with Crippen LogP contribution in [0.4, 0.5) is 0 Å². The van der Waals surface area contributed by atoms with Gasteiger partial charge in [0, 0.05) is 37.9 Å². The summed E-state index contributed by atoms with van der Waals surface area (Å²) in [4.78, 5) is 12.4. The molecular weight excluding hydrogens is 388 g/mol. The molecule has 0 unspecified atom stereocenters. The minimum Gasteiger partial charge on any atom is -0.352 e. The highest BCUT2D eigenvalue weighted by Crippen LogP contribution is 2.36. The molecule has 0 atom stereocenters. The molecule has 1 aliphatic heterocycles. The predicted molar refractivity (Wildman–Crippen MR) is 110 cm³/mol. The molecule has 29 heavy (non-hydrogen) atoms. The lowest BCUT2D eigenvalue weighted by Gasteiger charge is -2.11. The van der Waals surface area contributed by atoms with Gasteiger partial charge in [0.25, 0.3) is 5.91 Å². The van der Waals surface area contributed by atoms with Crippen molar-refractivity contribution >= 4 is 15.9 Å². The van der Waals surface area contributed by atoms with Gasteiger partial charge in [0.1, 0.15) is 0 Å². The first-order valence-corrected chi connectivity index (χ1v) is 10.7. The lowest BCUT2D eigenvalue weighted by Crippen LogP contribution is -2.29. The predicted octanol–water partition coefficient (Wildman–Crippen LogP) is 2.86. The van der Waals surface area contributed by atoms with Crippen molar-refractivity contribution in [1.82, 2.24) is 10.0 Å². The maximum Gasteiger partial charge on any atom is 0.251 e. The summed E-state index contributed by atoms with van der Waals surface area (Å²) < 4.78 is 27.6. The van der Waals surface area contributed by atoms with Gasteiger partial charge in [-0.25, -0.2) is 13.1 Å². The summed E-state index contributed by atoms with van der Waals surface area (Å²) in [5.74, 6) is 2.21. The molecule has 0 aliphatic carbocycles. The van der Waals surface area contributed by atoms with Crippen molar-refractivity contribution < 1.29 is 13.2 Å². The third-order valence-corrected chi connectivity index (χ3v) is 5.98. The van der Waals surface area contributed by atoms with Crippen molar-refractivity contribution in [1.29, 1.82) is 0 Å². The van der Waals surface area contributed by atoms with Crippen LogP contribution in [0.1, 0.15) is 35.2 Å². The number of carbonyl (C=O) groups excluding carboxylic acids is 1. The molecule has 1 heterocycles. The zero-order valence-corrected chi connectivity index (χ0v) is 16.7. The summed E-state index contributed by atoms with van der Waals surface area (Å²) in [6.45, 7) is 0.548. The van der Waals surface area contributed by atoms with Gasteiger partial charge < -0.3 is 5.32 Å². The van der Waals surface area contributed by atoms with E-state index in [0.29, 0.717) is 25.8 Å². The Morgan fingerprint density at radius 2 is 1.83 bits per heavy atom. The lowest BCUT2D eigenvalue weighted by molar-refractivity contribution is 0.0951. The fourth-order valence-electron chi connectivity index (χ4n) is 2.81. The Hall–Kier alpha value is -3.02. The summed E-state index contributed by atoms with van der Waals surface area (Å²) in [6.07, 6.45) is 7.08. The normalized spacial score (nSPS) is 14.2. The molecule has 1 amide bonds. The summed E-state index contributed by atoms with van der Waals surface area (Å²) in [5, 5.41) is 10.8. The highest BCUT2D eigenvalue weighted by atomic mass is 32.2. The Labute approximate surface area is 170 Å². The first kappa shape index (κ1) is 20.7. The van der Waals surface area contributed by atoms with Gasteiger partial charge in [-0.05, 0) is 23.8 Å². The number of terminal acetylenes is 1. The lowest BCUT2D eigenvalue weighted by atomic mass is 10.0. The van der Waals surface area contributed by atoms with Crippen molar-refractivity contribution in [2.45, 2.75) is 36.4 Å². The number of sulfonamides is 1. The van der Waals surface area contributed by atoms with E-state index in [4.69, 9.17) is 6.42 Å². The zero-order valence-electron chi connectivity index (χ0n) is 15.8. The Kier molecular flexibility index (Phi) is 6.42. The number of hydrogen-bond acceptors (Lipinski definition) is 5. The highest BCUT2D eigenvalue weighted by molar-refractivity contribution is 7.89. The van der Waals surface area contributed by atoms with Gasteiger partial charge in [-0.3, -0.25) is 4.79 Å². The first-order chi connectivity index (χ1) is 13.9. The van der Waals surface area contributed by atoms with Gasteiger partial charge in [-0.15, -0.1) is 12.3 Å². The number of rotatable bonds is 10. The van der Waals surface area contributed by atoms with Crippen LogP contribution in [-0.2, 0) is 16.6 Å². The molecule has 2 N–H and O–H groups in total. The maximum absolute atomic E-state index is 12.6. The van der Waals surface area contributed by atoms with Crippen LogP contribution in [0.3, 0.4) is 0 Å². The fraction of sp³-hybridized carbons (Fsp3) is 0.286. The molecule has 7 nitrogen and oxygen atoms in total. The molecule has 0 radical (unpaired) electrons. The molecule has 0 aromatic heterocycles. The van der Waals surface area contributed by atoms with Gasteiger partial charge in [0.05, 0.1) is 4.90 Å². The van der Waals surface area contributed by atoms with Crippen LogP contribution in [-0.4, -0.2) is 26.5 Å². The Balaban J connectivity index is 1.57. The molecule has 2 aromatic rings. The largest absolute Gasteiger partial charge is 0.352 e. The summed E-state index contributed by atoms with van der Waals surface area (Å²) >= 11 is 0. The molecule has 3 rings (SSSR count). The van der Waals surface area contributed by atoms with Gasteiger partial charge in [-0.1, -0.05) is 36.4 Å². The molecule has 8 heteroatoms. The van der Waals surface area contributed by atoms with Crippen LogP contribution in [0.5, 0.6) is 0 Å². The van der Waals surface area contributed by atoms with Crippen molar-refractivity contribution in [3.05, 3.63) is 65.7 Å². The van der Waals surface area contributed by atoms with Crippen molar-refractivity contribution in [3.63, 3.8) is 0 Å². The quantitative estimate of drug-likeness (QED) is 0.589. The molecule has 0 saturated carbocycles. The van der Waals surface area contributed by atoms with Gasteiger partial charge in [0.15, 0.2) is 5.66 Å². The van der Waals surface area contributed by atoms with E-state index in [-0.39, 0.29) is 22.9 Å². The minimum atomic E-state index is -3.74. The second kappa shape index (κ2) is 8.99. The van der Waals surface area contributed by atoms with Crippen LogP contribution in [0, 0.1) is 12.3 Å². The summed E-state index contributed by atoms with van der Waals surface area (Å²) in [7, 11) is -3.74. The third kappa shape index (κ3) is 5.73. The highest BCUT2D eigenvalue weighted by Gasteiger charge is 2.38. The van der Waals surface area contributed by atoms with Crippen LogP contribution in [0.25, 0.3) is 0 Å². The molecular formula is C21H22N4O3S. The molecule has 0 bridgehead atoms. The fourth-order valence-corrected chi connectivity index (χ4v) is 3.87. The molecule has 150 valence electrons. The summed E-state index contributed by atoms with van der Waals surface area (Å²) in [5.41, 5.74) is 0.654. The second-order valence-corrected chi connectivity index (χ2v) is 8.50.